The van der Waals surface area contributed by atoms with E-state index in [2.05, 4.69) is 27.7 Å². The molecule has 5 rings (SSSR count). The SMILES string of the molecule is CCCCC(CC)CN1C(=O)C2=C(c3ccc(-c4ccc(/C=C(/C#N)C(=O)O)cc4)s3)N(CC(CC)CCCC)C(=O)C2=C1c1cccs1. The summed E-state index contributed by atoms with van der Waals surface area (Å²) in [6, 6.07) is 17.1. The lowest BCUT2D eigenvalue weighted by Crippen LogP contribution is -2.34. The summed E-state index contributed by atoms with van der Waals surface area (Å²) in [7, 11) is 0. The fourth-order valence-corrected chi connectivity index (χ4v) is 8.55. The van der Waals surface area contributed by atoms with Gasteiger partial charge < -0.3 is 14.9 Å². The summed E-state index contributed by atoms with van der Waals surface area (Å²) < 4.78 is 0. The summed E-state index contributed by atoms with van der Waals surface area (Å²) in [4.78, 5) is 47.2. The molecule has 2 unspecified atom stereocenters. The molecule has 0 spiro atoms. The van der Waals surface area contributed by atoms with Crippen molar-refractivity contribution in [2.24, 2.45) is 11.8 Å². The van der Waals surface area contributed by atoms with Crippen LogP contribution < -0.4 is 0 Å². The minimum Gasteiger partial charge on any atom is -0.477 e. The van der Waals surface area contributed by atoms with Gasteiger partial charge in [0.25, 0.3) is 11.8 Å². The molecule has 49 heavy (non-hydrogen) atoms. The van der Waals surface area contributed by atoms with Crippen molar-refractivity contribution in [1.82, 2.24) is 9.80 Å². The monoisotopic (exact) mass is 695 g/mol. The molecule has 0 saturated heterocycles. The lowest BCUT2D eigenvalue weighted by Gasteiger charge is -2.29. The van der Waals surface area contributed by atoms with Gasteiger partial charge in [-0.2, -0.15) is 5.26 Å². The number of carbonyl (C=O) groups excluding carboxylic acids is 2. The third-order valence-electron chi connectivity index (χ3n) is 9.60. The van der Waals surface area contributed by atoms with Gasteiger partial charge in [-0.15, -0.1) is 22.7 Å². The predicted octanol–water partition coefficient (Wildman–Crippen LogP) is 9.71. The highest BCUT2D eigenvalue weighted by Crippen LogP contribution is 2.49. The van der Waals surface area contributed by atoms with Crippen LogP contribution in [0.15, 0.2) is 70.6 Å². The number of aliphatic carboxylic acids is 1. The molecule has 7 nitrogen and oxygen atoms in total. The molecular formula is C40H45N3O4S2. The van der Waals surface area contributed by atoms with E-state index in [4.69, 9.17) is 5.26 Å². The summed E-state index contributed by atoms with van der Waals surface area (Å²) in [6.07, 6.45) is 9.73. The van der Waals surface area contributed by atoms with Gasteiger partial charge in [0.2, 0.25) is 0 Å². The lowest BCUT2D eigenvalue weighted by atomic mass is 9.98. The average Bonchev–Trinajstić information content (AvgIpc) is 3.91. The standard InChI is InChI=1S/C40H45N3O4S2/c1-5-9-12-26(7-3)24-42-36(32-14-11-21-48-32)34-35(39(42)45)37(43(38(34)44)25-27(8-4)13-10-6-2)33-20-19-31(49-33)29-17-15-28(16-18-29)22-30(23-41)40(46)47/h11,14-22,26-27H,5-10,12-13,24-25H2,1-4H3,(H,46,47)/b30-22-. The zero-order valence-electron chi connectivity index (χ0n) is 28.8. The van der Waals surface area contributed by atoms with Gasteiger partial charge in [0.1, 0.15) is 11.6 Å². The second-order valence-corrected chi connectivity index (χ2v) is 14.9. The Balaban J connectivity index is 1.61. The number of fused-ring (bicyclic) bond motifs is 1. The molecule has 0 radical (unpaired) electrons. The van der Waals surface area contributed by atoms with Crippen molar-refractivity contribution in [2.75, 3.05) is 13.1 Å². The second-order valence-electron chi connectivity index (χ2n) is 12.8. The fourth-order valence-electron chi connectivity index (χ4n) is 6.69. The van der Waals surface area contributed by atoms with E-state index in [1.807, 2.05) is 51.6 Å². The van der Waals surface area contributed by atoms with E-state index in [0.29, 0.717) is 47.3 Å². The maximum absolute atomic E-state index is 14.7. The van der Waals surface area contributed by atoms with Gasteiger partial charge in [-0.05, 0) is 65.5 Å². The number of unbranched alkanes of at least 4 members (excludes halogenated alkanes) is 2. The van der Waals surface area contributed by atoms with Crippen LogP contribution in [0.4, 0.5) is 0 Å². The number of amides is 2. The first-order valence-electron chi connectivity index (χ1n) is 17.5. The number of hydrogen-bond acceptors (Lipinski definition) is 6. The smallest absolute Gasteiger partial charge is 0.346 e. The minimum atomic E-state index is -1.26. The molecule has 3 aromatic rings. The van der Waals surface area contributed by atoms with Crippen molar-refractivity contribution in [3.05, 3.63) is 85.9 Å². The Morgan fingerprint density at radius 3 is 1.84 bits per heavy atom. The molecule has 2 aliphatic rings. The van der Waals surface area contributed by atoms with Crippen LogP contribution in [0.3, 0.4) is 0 Å². The molecule has 2 atom stereocenters. The highest BCUT2D eigenvalue weighted by molar-refractivity contribution is 7.16. The molecule has 2 aliphatic heterocycles. The summed E-state index contributed by atoms with van der Waals surface area (Å²) >= 11 is 3.12. The van der Waals surface area contributed by atoms with Gasteiger partial charge in [-0.3, -0.25) is 9.59 Å². The average molecular weight is 696 g/mol. The maximum atomic E-state index is 14.7. The van der Waals surface area contributed by atoms with Crippen molar-refractivity contribution >= 4 is 57.9 Å². The number of benzene rings is 1. The maximum Gasteiger partial charge on any atom is 0.346 e. The van der Waals surface area contributed by atoms with E-state index >= 15 is 0 Å². The molecule has 0 aliphatic carbocycles. The van der Waals surface area contributed by atoms with Gasteiger partial charge >= 0.3 is 5.97 Å². The molecule has 2 amide bonds. The number of carboxylic acids is 1. The van der Waals surface area contributed by atoms with Crippen molar-refractivity contribution < 1.29 is 19.5 Å². The highest BCUT2D eigenvalue weighted by atomic mass is 32.1. The van der Waals surface area contributed by atoms with Crippen molar-refractivity contribution in [1.29, 1.82) is 5.26 Å². The van der Waals surface area contributed by atoms with E-state index in [-0.39, 0.29) is 17.4 Å². The van der Waals surface area contributed by atoms with E-state index in [9.17, 15) is 19.5 Å². The van der Waals surface area contributed by atoms with E-state index in [0.717, 1.165) is 77.3 Å². The Morgan fingerprint density at radius 2 is 1.37 bits per heavy atom. The van der Waals surface area contributed by atoms with Crippen LogP contribution in [0, 0.1) is 23.2 Å². The van der Waals surface area contributed by atoms with Gasteiger partial charge in [0.15, 0.2) is 0 Å². The largest absolute Gasteiger partial charge is 0.477 e. The fraction of sp³-hybridized carbons (Fsp3) is 0.400. The lowest BCUT2D eigenvalue weighted by molar-refractivity contribution is -0.132. The van der Waals surface area contributed by atoms with Gasteiger partial charge in [0.05, 0.1) is 32.3 Å². The van der Waals surface area contributed by atoms with Gasteiger partial charge in [-0.25, -0.2) is 4.79 Å². The van der Waals surface area contributed by atoms with Crippen molar-refractivity contribution in [3.8, 4) is 16.5 Å². The number of nitriles is 1. The zero-order valence-corrected chi connectivity index (χ0v) is 30.5. The molecular weight excluding hydrogens is 651 g/mol. The Hall–Kier alpha value is -4.26. The van der Waals surface area contributed by atoms with E-state index < -0.39 is 5.97 Å². The van der Waals surface area contributed by atoms with E-state index in [1.54, 1.807) is 40.9 Å². The van der Waals surface area contributed by atoms with Crippen LogP contribution in [-0.2, 0) is 14.4 Å². The molecule has 4 heterocycles. The van der Waals surface area contributed by atoms with Gasteiger partial charge in [-0.1, -0.05) is 96.6 Å². The normalized spacial score (nSPS) is 16.1. The van der Waals surface area contributed by atoms with Crippen molar-refractivity contribution in [2.45, 2.75) is 79.1 Å². The Bertz CT molecular complexity index is 1810. The highest BCUT2D eigenvalue weighted by Gasteiger charge is 2.49. The van der Waals surface area contributed by atoms with Crippen molar-refractivity contribution in [3.63, 3.8) is 0 Å². The number of carboxylic acid groups (broad SMARTS) is 1. The third-order valence-corrected chi connectivity index (χ3v) is 11.6. The Morgan fingerprint density at radius 1 is 0.816 bits per heavy atom. The molecule has 0 fully saturated rings. The van der Waals surface area contributed by atoms with Crippen LogP contribution in [0.2, 0.25) is 0 Å². The third kappa shape index (κ3) is 7.66. The number of thiophene rings is 2. The van der Waals surface area contributed by atoms with Crippen LogP contribution in [0.25, 0.3) is 27.9 Å². The van der Waals surface area contributed by atoms with Crippen LogP contribution in [0.1, 0.15) is 94.4 Å². The zero-order chi connectivity index (χ0) is 35.1. The molecule has 0 bridgehead atoms. The molecule has 2 aromatic heterocycles. The van der Waals surface area contributed by atoms with E-state index in [1.165, 1.54) is 6.08 Å². The summed E-state index contributed by atoms with van der Waals surface area (Å²) in [6.45, 7) is 9.90. The minimum absolute atomic E-state index is 0.0846. The second kappa shape index (κ2) is 16.4. The first kappa shape index (κ1) is 36.0. The number of rotatable bonds is 17. The molecule has 0 saturated carbocycles. The quantitative estimate of drug-likeness (QED) is 0.112. The first-order valence-corrected chi connectivity index (χ1v) is 19.2. The number of hydrogen-bond donors (Lipinski definition) is 1. The molecule has 9 heteroatoms. The molecule has 1 aromatic carbocycles. The number of nitrogens with zero attached hydrogens (tertiary/aromatic N) is 3. The molecule has 1 N–H and O–H groups in total. The van der Waals surface area contributed by atoms with Crippen LogP contribution in [-0.4, -0.2) is 45.8 Å². The molecule has 256 valence electrons. The summed E-state index contributed by atoms with van der Waals surface area (Å²) in [5, 5.41) is 20.4. The Kier molecular flexibility index (Phi) is 12.1. The van der Waals surface area contributed by atoms with Gasteiger partial charge in [0, 0.05) is 18.0 Å². The summed E-state index contributed by atoms with van der Waals surface area (Å²) in [5.41, 5.74) is 3.75. The predicted molar refractivity (Wildman–Crippen MR) is 199 cm³/mol. The number of carbonyl (C=O) groups is 3. The van der Waals surface area contributed by atoms with Crippen LogP contribution >= 0.6 is 22.7 Å². The Labute approximate surface area is 297 Å². The topological polar surface area (TPSA) is 102 Å². The summed E-state index contributed by atoms with van der Waals surface area (Å²) in [5.74, 6) is -0.769. The van der Waals surface area contributed by atoms with Crippen LogP contribution in [0.5, 0.6) is 0 Å². The first-order chi connectivity index (χ1) is 23.8.